The van der Waals surface area contributed by atoms with Gasteiger partial charge in [-0.3, -0.25) is 4.57 Å². The van der Waals surface area contributed by atoms with E-state index in [-0.39, 0.29) is 17.2 Å². The fourth-order valence-corrected chi connectivity index (χ4v) is 2.32. The third-order valence-corrected chi connectivity index (χ3v) is 3.81. The zero-order chi connectivity index (χ0) is 14.2. The van der Waals surface area contributed by atoms with Crippen molar-refractivity contribution in [2.24, 2.45) is 23.9 Å². The number of hydrogen-bond acceptors (Lipinski definition) is 4. The molecule has 0 aliphatic rings. The number of fused-ring (bicyclic) bond motifs is 1. The van der Waals surface area contributed by atoms with Gasteiger partial charge < -0.3 is 15.9 Å². The van der Waals surface area contributed by atoms with Crippen LogP contribution in [0.4, 0.5) is 0 Å². The van der Waals surface area contributed by atoms with Crippen molar-refractivity contribution in [3.63, 3.8) is 0 Å². The van der Waals surface area contributed by atoms with Crippen LogP contribution in [0, 0.1) is 5.41 Å². The molecule has 1 heterocycles. The van der Waals surface area contributed by atoms with E-state index in [2.05, 4.69) is 13.8 Å². The highest BCUT2D eigenvalue weighted by molar-refractivity contribution is 5.73. The van der Waals surface area contributed by atoms with Crippen LogP contribution in [0.3, 0.4) is 0 Å². The average Bonchev–Trinajstić information content (AvgIpc) is 2.64. The van der Waals surface area contributed by atoms with Gasteiger partial charge in [0.15, 0.2) is 5.58 Å². The topological polar surface area (TPSA) is 87.2 Å². The molecule has 5 heteroatoms. The van der Waals surface area contributed by atoms with Crippen molar-refractivity contribution >= 4 is 11.1 Å². The standard InChI is InChI=1S/C14H21N3O2/c1-14(2,6-7-15)12(16)9-4-5-11-10(8-9)17(3)13(18)19-11/h4-5,8,12H,6-7,15-16H2,1-3H3. The van der Waals surface area contributed by atoms with Crippen LogP contribution in [0.2, 0.25) is 0 Å². The Kier molecular flexibility index (Phi) is 3.52. The molecule has 5 nitrogen and oxygen atoms in total. The second-order valence-corrected chi connectivity index (χ2v) is 5.66. The molecule has 1 unspecified atom stereocenters. The summed E-state index contributed by atoms with van der Waals surface area (Å²) in [7, 11) is 1.69. The van der Waals surface area contributed by atoms with Gasteiger partial charge in [-0.05, 0) is 36.1 Å². The molecular weight excluding hydrogens is 242 g/mol. The van der Waals surface area contributed by atoms with Crippen LogP contribution in [0.25, 0.3) is 11.1 Å². The van der Waals surface area contributed by atoms with E-state index in [9.17, 15) is 4.79 Å². The molecule has 1 aromatic heterocycles. The SMILES string of the molecule is Cn1c(=O)oc2ccc(C(N)C(C)(C)CCN)cc21. The van der Waals surface area contributed by atoms with Crippen LogP contribution in [0.15, 0.2) is 27.4 Å². The largest absolute Gasteiger partial charge is 0.419 e. The lowest BCUT2D eigenvalue weighted by Crippen LogP contribution is -2.31. The van der Waals surface area contributed by atoms with Crippen LogP contribution >= 0.6 is 0 Å². The maximum Gasteiger partial charge on any atom is 0.419 e. The Morgan fingerprint density at radius 3 is 2.74 bits per heavy atom. The maximum absolute atomic E-state index is 11.5. The molecule has 0 spiro atoms. The van der Waals surface area contributed by atoms with Gasteiger partial charge in [0.1, 0.15) is 0 Å². The van der Waals surface area contributed by atoms with Gasteiger partial charge in [-0.25, -0.2) is 4.79 Å². The zero-order valence-corrected chi connectivity index (χ0v) is 11.6. The zero-order valence-electron chi connectivity index (χ0n) is 11.6. The molecule has 0 aliphatic heterocycles. The fraction of sp³-hybridized carbons (Fsp3) is 0.500. The summed E-state index contributed by atoms with van der Waals surface area (Å²) in [6.45, 7) is 4.80. The summed E-state index contributed by atoms with van der Waals surface area (Å²) in [5, 5.41) is 0. The molecule has 2 aromatic rings. The lowest BCUT2D eigenvalue weighted by molar-refractivity contribution is 0.271. The number of oxazole rings is 1. The summed E-state index contributed by atoms with van der Waals surface area (Å²) >= 11 is 0. The van der Waals surface area contributed by atoms with Crippen LogP contribution in [0.1, 0.15) is 31.9 Å². The fourth-order valence-electron chi connectivity index (χ4n) is 2.32. The van der Waals surface area contributed by atoms with Gasteiger partial charge >= 0.3 is 5.76 Å². The van der Waals surface area contributed by atoms with E-state index in [0.717, 1.165) is 17.5 Å². The van der Waals surface area contributed by atoms with E-state index in [1.165, 1.54) is 4.57 Å². The van der Waals surface area contributed by atoms with Gasteiger partial charge in [-0.15, -0.1) is 0 Å². The number of aromatic nitrogens is 1. The van der Waals surface area contributed by atoms with E-state index >= 15 is 0 Å². The molecule has 0 aliphatic carbocycles. The monoisotopic (exact) mass is 263 g/mol. The van der Waals surface area contributed by atoms with Crippen molar-refractivity contribution in [2.75, 3.05) is 6.54 Å². The molecule has 0 bridgehead atoms. The second kappa shape index (κ2) is 4.83. The summed E-state index contributed by atoms with van der Waals surface area (Å²) in [5.74, 6) is -0.359. The first-order valence-electron chi connectivity index (χ1n) is 6.42. The molecule has 2 rings (SSSR count). The third kappa shape index (κ3) is 2.43. The summed E-state index contributed by atoms with van der Waals surface area (Å²) < 4.78 is 6.60. The Morgan fingerprint density at radius 1 is 1.42 bits per heavy atom. The third-order valence-electron chi connectivity index (χ3n) is 3.81. The normalized spacial score (nSPS) is 13.9. The molecule has 0 saturated carbocycles. The van der Waals surface area contributed by atoms with Crippen LogP contribution in [-0.2, 0) is 7.05 Å². The van der Waals surface area contributed by atoms with Crippen molar-refractivity contribution < 1.29 is 4.42 Å². The molecule has 19 heavy (non-hydrogen) atoms. The number of rotatable bonds is 4. The highest BCUT2D eigenvalue weighted by Crippen LogP contribution is 2.34. The number of aryl methyl sites for hydroxylation is 1. The lowest BCUT2D eigenvalue weighted by Gasteiger charge is -2.31. The number of hydrogen-bond donors (Lipinski definition) is 2. The van der Waals surface area contributed by atoms with Gasteiger partial charge in [0.2, 0.25) is 0 Å². The van der Waals surface area contributed by atoms with Crippen LogP contribution in [0.5, 0.6) is 0 Å². The van der Waals surface area contributed by atoms with Gasteiger partial charge in [0.05, 0.1) is 5.52 Å². The molecule has 0 saturated heterocycles. The van der Waals surface area contributed by atoms with Gasteiger partial charge in [-0.2, -0.15) is 0 Å². The van der Waals surface area contributed by atoms with Crippen molar-refractivity contribution in [1.82, 2.24) is 4.57 Å². The summed E-state index contributed by atoms with van der Waals surface area (Å²) in [6, 6.07) is 5.49. The van der Waals surface area contributed by atoms with Crippen molar-refractivity contribution in [1.29, 1.82) is 0 Å². The Bertz CT molecular complexity index is 640. The molecular formula is C14H21N3O2. The van der Waals surface area contributed by atoms with E-state index in [4.69, 9.17) is 15.9 Å². The first kappa shape index (κ1) is 13.8. The highest BCUT2D eigenvalue weighted by atomic mass is 16.4. The Hall–Kier alpha value is -1.59. The summed E-state index contributed by atoms with van der Waals surface area (Å²) in [6.07, 6.45) is 0.844. The highest BCUT2D eigenvalue weighted by Gasteiger charge is 2.27. The predicted octanol–water partition coefficient (Wildman–Crippen LogP) is 1.51. The quantitative estimate of drug-likeness (QED) is 0.875. The minimum atomic E-state index is -0.359. The minimum Gasteiger partial charge on any atom is -0.408 e. The van der Waals surface area contributed by atoms with E-state index in [1.54, 1.807) is 13.1 Å². The smallest absolute Gasteiger partial charge is 0.408 e. The molecule has 1 atom stereocenters. The number of nitrogens with two attached hydrogens (primary N) is 2. The average molecular weight is 263 g/mol. The minimum absolute atomic E-state index is 0.0922. The number of nitrogens with zero attached hydrogens (tertiary/aromatic N) is 1. The van der Waals surface area contributed by atoms with Crippen molar-refractivity contribution in [3.05, 3.63) is 34.3 Å². The molecule has 0 fully saturated rings. The van der Waals surface area contributed by atoms with Gasteiger partial charge in [0, 0.05) is 13.1 Å². The molecule has 0 amide bonds. The van der Waals surface area contributed by atoms with E-state index in [0.29, 0.717) is 12.1 Å². The Morgan fingerprint density at radius 2 is 2.11 bits per heavy atom. The summed E-state index contributed by atoms with van der Waals surface area (Å²) in [4.78, 5) is 11.5. The second-order valence-electron chi connectivity index (χ2n) is 5.66. The van der Waals surface area contributed by atoms with E-state index in [1.807, 2.05) is 12.1 Å². The molecule has 4 N–H and O–H groups in total. The summed E-state index contributed by atoms with van der Waals surface area (Å²) in [5.41, 5.74) is 14.2. The van der Waals surface area contributed by atoms with E-state index < -0.39 is 0 Å². The Balaban J connectivity index is 2.46. The molecule has 0 radical (unpaired) electrons. The van der Waals surface area contributed by atoms with Gasteiger partial charge in [-0.1, -0.05) is 19.9 Å². The first-order valence-corrected chi connectivity index (χ1v) is 6.42. The van der Waals surface area contributed by atoms with Crippen LogP contribution in [-0.4, -0.2) is 11.1 Å². The van der Waals surface area contributed by atoms with Crippen molar-refractivity contribution in [2.45, 2.75) is 26.3 Å². The van der Waals surface area contributed by atoms with Gasteiger partial charge in [0.25, 0.3) is 0 Å². The first-order chi connectivity index (χ1) is 8.86. The van der Waals surface area contributed by atoms with Crippen LogP contribution < -0.4 is 17.2 Å². The van der Waals surface area contributed by atoms with Crippen molar-refractivity contribution in [3.8, 4) is 0 Å². The Labute approximate surface area is 112 Å². The predicted molar refractivity (Wildman–Crippen MR) is 75.8 cm³/mol. The molecule has 104 valence electrons. The lowest BCUT2D eigenvalue weighted by atomic mass is 9.78. The number of benzene rings is 1. The maximum atomic E-state index is 11.5. The molecule has 1 aromatic carbocycles.